The van der Waals surface area contributed by atoms with E-state index in [1.807, 2.05) is 0 Å². The first-order valence-corrected chi connectivity index (χ1v) is 6.03. The molecule has 1 N–H and O–H groups in total. The van der Waals surface area contributed by atoms with Gasteiger partial charge in [0.25, 0.3) is 0 Å². The summed E-state index contributed by atoms with van der Waals surface area (Å²) in [6.07, 6.45) is 8.76. The minimum atomic E-state index is -0.0597. The number of hydrogen-bond acceptors (Lipinski definition) is 2. The van der Waals surface area contributed by atoms with E-state index >= 15 is 0 Å². The van der Waals surface area contributed by atoms with E-state index in [-0.39, 0.29) is 6.10 Å². The standard InChI is InChI=1S/C12H25NO/c1-13(2)10-9-12(14)11-7-5-3-4-6-8-11/h11-12,14H,3-10H2,1-2H3. The molecule has 2 nitrogen and oxygen atoms in total. The molecule has 1 atom stereocenters. The number of rotatable bonds is 4. The van der Waals surface area contributed by atoms with Crippen LogP contribution < -0.4 is 0 Å². The molecule has 0 bridgehead atoms. The van der Waals surface area contributed by atoms with Crippen molar-refractivity contribution in [2.45, 2.75) is 51.0 Å². The van der Waals surface area contributed by atoms with Crippen LogP contribution in [0.3, 0.4) is 0 Å². The lowest BCUT2D eigenvalue weighted by molar-refractivity contribution is 0.0827. The van der Waals surface area contributed by atoms with Crippen LogP contribution in [0.25, 0.3) is 0 Å². The molecule has 0 aromatic heterocycles. The molecule has 0 amide bonds. The van der Waals surface area contributed by atoms with E-state index in [1.54, 1.807) is 0 Å². The molecule has 14 heavy (non-hydrogen) atoms. The van der Waals surface area contributed by atoms with Crippen molar-refractivity contribution in [3.05, 3.63) is 0 Å². The Labute approximate surface area is 88.3 Å². The lowest BCUT2D eigenvalue weighted by atomic mass is 9.92. The van der Waals surface area contributed by atoms with E-state index < -0.39 is 0 Å². The third-order valence-corrected chi connectivity index (χ3v) is 3.32. The van der Waals surface area contributed by atoms with Crippen LogP contribution in [0, 0.1) is 5.92 Å². The summed E-state index contributed by atoms with van der Waals surface area (Å²) >= 11 is 0. The van der Waals surface area contributed by atoms with Crippen LogP contribution in [0.1, 0.15) is 44.9 Å². The van der Waals surface area contributed by atoms with Crippen molar-refractivity contribution < 1.29 is 5.11 Å². The normalized spacial score (nSPS) is 22.3. The average molecular weight is 199 g/mol. The van der Waals surface area contributed by atoms with Crippen molar-refractivity contribution >= 4 is 0 Å². The van der Waals surface area contributed by atoms with E-state index in [4.69, 9.17) is 0 Å². The van der Waals surface area contributed by atoms with Gasteiger partial charge in [-0.15, -0.1) is 0 Å². The molecule has 1 unspecified atom stereocenters. The summed E-state index contributed by atoms with van der Waals surface area (Å²) in [6.45, 7) is 1.01. The quantitative estimate of drug-likeness (QED) is 0.702. The zero-order chi connectivity index (χ0) is 10.4. The number of aliphatic hydroxyl groups is 1. The Morgan fingerprint density at radius 1 is 1.14 bits per heavy atom. The molecule has 1 aliphatic carbocycles. The molecule has 1 fully saturated rings. The van der Waals surface area contributed by atoms with Gasteiger partial charge in [-0.1, -0.05) is 25.7 Å². The lowest BCUT2D eigenvalue weighted by Gasteiger charge is -2.22. The minimum absolute atomic E-state index is 0.0597. The molecule has 2 heteroatoms. The summed E-state index contributed by atoms with van der Waals surface area (Å²) in [7, 11) is 4.14. The van der Waals surface area contributed by atoms with E-state index in [0.29, 0.717) is 5.92 Å². The number of nitrogens with zero attached hydrogens (tertiary/aromatic N) is 1. The SMILES string of the molecule is CN(C)CCC(O)C1CCCCCC1. The summed E-state index contributed by atoms with van der Waals surface area (Å²) in [6, 6.07) is 0. The zero-order valence-electron chi connectivity index (χ0n) is 9.71. The Hall–Kier alpha value is -0.0800. The van der Waals surface area contributed by atoms with Gasteiger partial charge in [0.15, 0.2) is 0 Å². The molecule has 1 saturated carbocycles. The highest BCUT2D eigenvalue weighted by Crippen LogP contribution is 2.26. The first-order chi connectivity index (χ1) is 6.70. The summed E-state index contributed by atoms with van der Waals surface area (Å²) in [5.41, 5.74) is 0. The number of aliphatic hydroxyl groups excluding tert-OH is 1. The predicted molar refractivity (Wildman–Crippen MR) is 60.4 cm³/mol. The van der Waals surface area contributed by atoms with Crippen LogP contribution in [0.2, 0.25) is 0 Å². The lowest BCUT2D eigenvalue weighted by Crippen LogP contribution is -2.25. The van der Waals surface area contributed by atoms with Crippen LogP contribution in [-0.4, -0.2) is 36.8 Å². The first kappa shape index (κ1) is 12.0. The molecular formula is C12H25NO. The Morgan fingerprint density at radius 2 is 1.71 bits per heavy atom. The minimum Gasteiger partial charge on any atom is -0.393 e. The van der Waals surface area contributed by atoms with Crippen LogP contribution in [-0.2, 0) is 0 Å². The van der Waals surface area contributed by atoms with Crippen molar-refractivity contribution in [2.24, 2.45) is 5.92 Å². The van der Waals surface area contributed by atoms with Crippen molar-refractivity contribution in [1.29, 1.82) is 0 Å². The summed E-state index contributed by atoms with van der Waals surface area (Å²) in [4.78, 5) is 2.15. The summed E-state index contributed by atoms with van der Waals surface area (Å²) in [5.74, 6) is 0.581. The monoisotopic (exact) mass is 199 g/mol. The average Bonchev–Trinajstić information content (AvgIpc) is 2.42. The molecule has 0 aliphatic heterocycles. The van der Waals surface area contributed by atoms with E-state index in [2.05, 4.69) is 19.0 Å². The molecule has 0 aromatic carbocycles. The third kappa shape index (κ3) is 4.43. The van der Waals surface area contributed by atoms with Gasteiger partial charge in [0.1, 0.15) is 0 Å². The van der Waals surface area contributed by atoms with E-state index in [0.717, 1.165) is 13.0 Å². The molecule has 0 aromatic rings. The Kier molecular flexibility index (Phi) is 5.49. The Bertz CT molecular complexity index is 139. The second kappa shape index (κ2) is 6.41. The topological polar surface area (TPSA) is 23.5 Å². The highest BCUT2D eigenvalue weighted by atomic mass is 16.3. The molecule has 0 heterocycles. The number of hydrogen-bond donors (Lipinski definition) is 1. The fourth-order valence-corrected chi connectivity index (χ4v) is 2.32. The molecule has 1 aliphatic rings. The maximum atomic E-state index is 10.0. The van der Waals surface area contributed by atoms with Gasteiger partial charge in [-0.2, -0.15) is 0 Å². The highest BCUT2D eigenvalue weighted by molar-refractivity contribution is 4.72. The van der Waals surface area contributed by atoms with Crippen molar-refractivity contribution in [3.8, 4) is 0 Å². The van der Waals surface area contributed by atoms with E-state index in [9.17, 15) is 5.11 Å². The van der Waals surface area contributed by atoms with Gasteiger partial charge >= 0.3 is 0 Å². The van der Waals surface area contributed by atoms with Gasteiger partial charge < -0.3 is 10.0 Å². The van der Waals surface area contributed by atoms with Crippen LogP contribution >= 0.6 is 0 Å². The van der Waals surface area contributed by atoms with Gasteiger partial charge in [0.2, 0.25) is 0 Å². The zero-order valence-corrected chi connectivity index (χ0v) is 9.71. The maximum Gasteiger partial charge on any atom is 0.0580 e. The van der Waals surface area contributed by atoms with Gasteiger partial charge in [0.05, 0.1) is 6.10 Å². The molecular weight excluding hydrogens is 174 g/mol. The maximum absolute atomic E-state index is 10.0. The third-order valence-electron chi connectivity index (χ3n) is 3.32. The van der Waals surface area contributed by atoms with Crippen molar-refractivity contribution in [1.82, 2.24) is 4.90 Å². The summed E-state index contributed by atoms with van der Waals surface area (Å²) in [5, 5.41) is 10.0. The Morgan fingerprint density at radius 3 is 2.21 bits per heavy atom. The molecule has 1 rings (SSSR count). The molecule has 0 radical (unpaired) electrons. The first-order valence-electron chi connectivity index (χ1n) is 6.03. The van der Waals surface area contributed by atoms with E-state index in [1.165, 1.54) is 38.5 Å². The molecule has 0 saturated heterocycles. The van der Waals surface area contributed by atoms with Gasteiger partial charge in [-0.3, -0.25) is 0 Å². The smallest absolute Gasteiger partial charge is 0.0580 e. The second-order valence-electron chi connectivity index (χ2n) is 4.91. The van der Waals surface area contributed by atoms with Crippen LogP contribution in [0.15, 0.2) is 0 Å². The largest absolute Gasteiger partial charge is 0.393 e. The van der Waals surface area contributed by atoms with Gasteiger partial charge in [-0.05, 0) is 45.8 Å². The Balaban J connectivity index is 2.23. The second-order valence-corrected chi connectivity index (χ2v) is 4.91. The predicted octanol–water partition coefficient (Wildman–Crippen LogP) is 2.27. The van der Waals surface area contributed by atoms with Crippen LogP contribution in [0.4, 0.5) is 0 Å². The fourth-order valence-electron chi connectivity index (χ4n) is 2.32. The van der Waals surface area contributed by atoms with Gasteiger partial charge in [0, 0.05) is 0 Å². The summed E-state index contributed by atoms with van der Waals surface area (Å²) < 4.78 is 0. The molecule has 84 valence electrons. The van der Waals surface area contributed by atoms with Crippen molar-refractivity contribution in [2.75, 3.05) is 20.6 Å². The highest BCUT2D eigenvalue weighted by Gasteiger charge is 2.20. The molecule has 0 spiro atoms. The van der Waals surface area contributed by atoms with Crippen LogP contribution in [0.5, 0.6) is 0 Å². The fraction of sp³-hybridized carbons (Fsp3) is 1.00. The van der Waals surface area contributed by atoms with Gasteiger partial charge in [-0.25, -0.2) is 0 Å². The van der Waals surface area contributed by atoms with Crippen molar-refractivity contribution in [3.63, 3.8) is 0 Å².